The van der Waals surface area contributed by atoms with Crippen LogP contribution in [0.5, 0.6) is 0 Å². The van der Waals surface area contributed by atoms with Crippen LogP contribution in [0.15, 0.2) is 0 Å². The Labute approximate surface area is 93.0 Å². The van der Waals surface area contributed by atoms with E-state index in [-0.39, 0.29) is 0 Å². The van der Waals surface area contributed by atoms with Crippen LogP contribution in [0.25, 0.3) is 0 Å². The first kappa shape index (κ1) is 10.1. The molecule has 0 aliphatic heterocycles. The minimum atomic E-state index is 0.407. The zero-order valence-electron chi connectivity index (χ0n) is 9.78. The molecule has 1 atom stereocenters. The van der Waals surface area contributed by atoms with Gasteiger partial charge in [-0.05, 0) is 68.7 Å². The fourth-order valence-electron chi connectivity index (χ4n) is 5.04. The van der Waals surface area contributed by atoms with Gasteiger partial charge >= 0.3 is 0 Å². The van der Waals surface area contributed by atoms with Gasteiger partial charge in [-0.1, -0.05) is 0 Å². The van der Waals surface area contributed by atoms with Gasteiger partial charge in [0.05, 0.1) is 0 Å². The lowest BCUT2D eigenvalue weighted by molar-refractivity contribution is -0.0461. The maximum absolute atomic E-state index is 6.35. The summed E-state index contributed by atoms with van der Waals surface area (Å²) in [5.41, 5.74) is 6.35. The normalized spacial score (nSPS) is 49.6. The molecular formula is C13H24N2. The molecule has 4 rings (SSSR count). The molecule has 0 aromatic carbocycles. The smallest absolute Gasteiger partial charge is 0.0199 e. The van der Waals surface area contributed by atoms with Crippen molar-refractivity contribution in [3.8, 4) is 0 Å². The molecule has 4 saturated carbocycles. The first-order chi connectivity index (χ1) is 7.28. The average molecular weight is 208 g/mol. The van der Waals surface area contributed by atoms with E-state index in [0.29, 0.717) is 6.04 Å². The third kappa shape index (κ3) is 1.62. The Kier molecular flexibility index (Phi) is 2.52. The monoisotopic (exact) mass is 208 g/mol. The molecule has 0 aromatic rings. The Morgan fingerprint density at radius 1 is 1.07 bits per heavy atom. The third-order valence-corrected chi connectivity index (χ3v) is 5.23. The molecular weight excluding hydrogens is 184 g/mol. The topological polar surface area (TPSA) is 38.0 Å². The molecule has 0 aromatic heterocycles. The fraction of sp³-hybridized carbons (Fsp3) is 1.00. The SMILES string of the molecule is CNCC(N)C1C2CC3CC(C2)CC1C3. The van der Waals surface area contributed by atoms with Gasteiger partial charge in [0, 0.05) is 12.6 Å². The van der Waals surface area contributed by atoms with Crippen LogP contribution < -0.4 is 11.1 Å². The van der Waals surface area contributed by atoms with Crippen LogP contribution in [0.1, 0.15) is 32.1 Å². The molecule has 3 N–H and O–H groups in total. The van der Waals surface area contributed by atoms with Crippen molar-refractivity contribution in [2.75, 3.05) is 13.6 Å². The van der Waals surface area contributed by atoms with Crippen molar-refractivity contribution in [3.63, 3.8) is 0 Å². The van der Waals surface area contributed by atoms with E-state index in [9.17, 15) is 0 Å². The van der Waals surface area contributed by atoms with Gasteiger partial charge in [-0.3, -0.25) is 0 Å². The second-order valence-electron chi connectivity index (χ2n) is 6.23. The second-order valence-corrected chi connectivity index (χ2v) is 6.23. The number of nitrogens with one attached hydrogen (secondary N) is 1. The lowest BCUT2D eigenvalue weighted by atomic mass is 9.50. The molecule has 0 radical (unpaired) electrons. The highest BCUT2D eigenvalue weighted by Gasteiger charge is 2.49. The molecule has 15 heavy (non-hydrogen) atoms. The minimum absolute atomic E-state index is 0.407. The highest BCUT2D eigenvalue weighted by Crippen LogP contribution is 2.57. The molecule has 0 amide bonds. The van der Waals surface area contributed by atoms with Crippen molar-refractivity contribution in [2.45, 2.75) is 38.1 Å². The molecule has 0 heterocycles. The van der Waals surface area contributed by atoms with Gasteiger partial charge in [0.1, 0.15) is 0 Å². The number of nitrogens with two attached hydrogens (primary N) is 1. The van der Waals surface area contributed by atoms with Gasteiger partial charge in [-0.25, -0.2) is 0 Å². The van der Waals surface area contributed by atoms with Crippen molar-refractivity contribution in [2.24, 2.45) is 35.3 Å². The summed E-state index contributed by atoms with van der Waals surface area (Å²) in [7, 11) is 2.02. The Bertz CT molecular complexity index is 211. The van der Waals surface area contributed by atoms with Crippen LogP contribution in [0.3, 0.4) is 0 Å². The Hall–Kier alpha value is -0.0800. The van der Waals surface area contributed by atoms with Crippen LogP contribution in [-0.2, 0) is 0 Å². The molecule has 0 spiro atoms. The largest absolute Gasteiger partial charge is 0.326 e. The van der Waals surface area contributed by atoms with Crippen molar-refractivity contribution in [1.29, 1.82) is 0 Å². The molecule has 2 heteroatoms. The summed E-state index contributed by atoms with van der Waals surface area (Å²) >= 11 is 0. The van der Waals surface area contributed by atoms with Crippen molar-refractivity contribution < 1.29 is 0 Å². The Balaban J connectivity index is 1.74. The Morgan fingerprint density at radius 2 is 1.60 bits per heavy atom. The van der Waals surface area contributed by atoms with Crippen molar-refractivity contribution in [3.05, 3.63) is 0 Å². The minimum Gasteiger partial charge on any atom is -0.326 e. The predicted octanol–water partition coefficient (Wildman–Crippen LogP) is 1.61. The third-order valence-electron chi connectivity index (χ3n) is 5.23. The van der Waals surface area contributed by atoms with Gasteiger partial charge in [0.15, 0.2) is 0 Å². The van der Waals surface area contributed by atoms with Crippen molar-refractivity contribution in [1.82, 2.24) is 5.32 Å². The van der Waals surface area contributed by atoms with E-state index < -0.39 is 0 Å². The van der Waals surface area contributed by atoms with Crippen LogP contribution in [0, 0.1) is 29.6 Å². The molecule has 86 valence electrons. The quantitative estimate of drug-likeness (QED) is 0.739. The van der Waals surface area contributed by atoms with Crippen LogP contribution in [-0.4, -0.2) is 19.6 Å². The highest BCUT2D eigenvalue weighted by atomic mass is 14.9. The Morgan fingerprint density at radius 3 is 2.07 bits per heavy atom. The van der Waals surface area contributed by atoms with Gasteiger partial charge in [-0.15, -0.1) is 0 Å². The van der Waals surface area contributed by atoms with E-state index in [1.54, 1.807) is 6.42 Å². The predicted molar refractivity (Wildman–Crippen MR) is 62.4 cm³/mol. The summed E-state index contributed by atoms with van der Waals surface area (Å²) in [6, 6.07) is 0.407. The van der Waals surface area contributed by atoms with E-state index >= 15 is 0 Å². The lowest BCUT2D eigenvalue weighted by Gasteiger charge is -2.56. The zero-order valence-corrected chi connectivity index (χ0v) is 9.78. The molecule has 1 unspecified atom stereocenters. The van der Waals surface area contributed by atoms with E-state index in [4.69, 9.17) is 5.73 Å². The number of hydrogen-bond acceptors (Lipinski definition) is 2. The highest BCUT2D eigenvalue weighted by molar-refractivity contribution is 5.01. The van der Waals surface area contributed by atoms with Crippen LogP contribution in [0.2, 0.25) is 0 Å². The average Bonchev–Trinajstić information content (AvgIpc) is 2.15. The molecule has 4 fully saturated rings. The van der Waals surface area contributed by atoms with Gasteiger partial charge in [0.25, 0.3) is 0 Å². The number of rotatable bonds is 3. The van der Waals surface area contributed by atoms with E-state index in [1.807, 2.05) is 7.05 Å². The summed E-state index contributed by atoms with van der Waals surface area (Å²) in [6.45, 7) is 1.01. The maximum atomic E-state index is 6.35. The van der Waals surface area contributed by atoms with Gasteiger partial charge in [0.2, 0.25) is 0 Å². The summed E-state index contributed by atoms with van der Waals surface area (Å²) in [4.78, 5) is 0. The molecule has 4 aliphatic rings. The van der Waals surface area contributed by atoms with E-state index in [0.717, 1.165) is 36.1 Å². The van der Waals surface area contributed by atoms with Crippen LogP contribution >= 0.6 is 0 Å². The first-order valence-electron chi connectivity index (χ1n) is 6.68. The molecule has 2 nitrogen and oxygen atoms in total. The summed E-state index contributed by atoms with van der Waals surface area (Å²) in [5, 5.41) is 3.25. The number of likely N-dealkylation sites (N-methyl/N-ethyl adjacent to an activating group) is 1. The number of hydrogen-bond donors (Lipinski definition) is 2. The molecule has 4 bridgehead atoms. The van der Waals surface area contributed by atoms with E-state index in [2.05, 4.69) is 5.32 Å². The van der Waals surface area contributed by atoms with Gasteiger partial charge in [-0.2, -0.15) is 0 Å². The van der Waals surface area contributed by atoms with Crippen LogP contribution in [0.4, 0.5) is 0 Å². The van der Waals surface area contributed by atoms with Crippen molar-refractivity contribution >= 4 is 0 Å². The molecule has 4 aliphatic carbocycles. The molecule has 0 saturated heterocycles. The fourth-order valence-corrected chi connectivity index (χ4v) is 5.04. The zero-order chi connectivity index (χ0) is 10.4. The summed E-state index contributed by atoms with van der Waals surface area (Å²) in [5.74, 6) is 4.94. The lowest BCUT2D eigenvalue weighted by Crippen LogP contribution is -2.54. The standard InChI is InChI=1S/C13H24N2/c1-15-7-12(14)13-10-3-8-2-9(5-10)6-11(13)4-8/h8-13,15H,2-7,14H2,1H3. The first-order valence-corrected chi connectivity index (χ1v) is 6.68. The second kappa shape index (κ2) is 3.74. The summed E-state index contributed by atoms with van der Waals surface area (Å²) in [6.07, 6.45) is 7.52. The van der Waals surface area contributed by atoms with Gasteiger partial charge < -0.3 is 11.1 Å². The summed E-state index contributed by atoms with van der Waals surface area (Å²) < 4.78 is 0. The van der Waals surface area contributed by atoms with E-state index in [1.165, 1.54) is 25.7 Å². The maximum Gasteiger partial charge on any atom is 0.0199 e.